The van der Waals surface area contributed by atoms with Gasteiger partial charge in [-0.3, -0.25) is 14.5 Å². The molecule has 1 aromatic rings. The molecule has 2 amide bonds. The van der Waals surface area contributed by atoms with Gasteiger partial charge >= 0.3 is 0 Å². The molecule has 5 rings (SSSR count). The minimum Gasteiger partial charge on any atom is -0.389 e. The van der Waals surface area contributed by atoms with Crippen molar-refractivity contribution in [1.29, 1.82) is 5.26 Å². The molecule has 4 aliphatic heterocycles. The number of imide groups is 1. The molecule has 0 N–H and O–H groups in total. The van der Waals surface area contributed by atoms with Gasteiger partial charge in [0.05, 0.1) is 41.2 Å². The molecule has 6 atom stereocenters. The van der Waals surface area contributed by atoms with Crippen molar-refractivity contribution in [2.24, 2.45) is 22.9 Å². The van der Waals surface area contributed by atoms with Crippen LogP contribution in [0.2, 0.25) is 0 Å². The molecule has 7 heteroatoms. The quantitative estimate of drug-likeness (QED) is 0.693. The lowest BCUT2D eigenvalue weighted by Crippen LogP contribution is -2.45. The summed E-state index contributed by atoms with van der Waals surface area (Å²) in [6.07, 6.45) is -1.14. The van der Waals surface area contributed by atoms with Gasteiger partial charge in [0.1, 0.15) is 6.10 Å². The summed E-state index contributed by atoms with van der Waals surface area (Å²) in [7, 11) is 1.52. The second-order valence-electron chi connectivity index (χ2n) is 6.61. The fraction of sp³-hybridized carbons (Fsp3) is 0.412. The molecular weight excluding hydrogens is 310 g/mol. The van der Waals surface area contributed by atoms with Crippen LogP contribution in [0.4, 0.5) is 0 Å². The first kappa shape index (κ1) is 13.7. The van der Waals surface area contributed by atoms with Gasteiger partial charge in [0.25, 0.3) is 0 Å². The number of rotatable bonds is 1. The van der Waals surface area contributed by atoms with Crippen LogP contribution in [0.1, 0.15) is 11.1 Å². The van der Waals surface area contributed by atoms with Gasteiger partial charge in [-0.15, -0.1) is 0 Å². The maximum atomic E-state index is 12.4. The Morgan fingerprint density at radius 1 is 1.04 bits per heavy atom. The molecule has 0 aliphatic carbocycles. The van der Waals surface area contributed by atoms with E-state index in [0.29, 0.717) is 5.56 Å². The van der Waals surface area contributed by atoms with E-state index in [1.807, 2.05) is 12.1 Å². The summed E-state index contributed by atoms with van der Waals surface area (Å²) in [6.45, 7) is 0. The zero-order valence-electron chi connectivity index (χ0n) is 12.7. The van der Waals surface area contributed by atoms with E-state index in [-0.39, 0.29) is 29.9 Å². The predicted molar refractivity (Wildman–Crippen MR) is 79.5 cm³/mol. The van der Waals surface area contributed by atoms with Gasteiger partial charge in [-0.25, -0.2) is 0 Å². The van der Waals surface area contributed by atoms with E-state index in [1.165, 1.54) is 11.9 Å². The van der Waals surface area contributed by atoms with Crippen molar-refractivity contribution in [3.8, 4) is 6.07 Å². The number of carbonyl (C=O) groups is 2. The number of hydrogen-bond acceptors (Lipinski definition) is 6. The SMILES string of the molecule is CN1C(=O)[C@@H]2[C@H]3O[C@@H]([C@@H]4C(c5ccc(C#N)cc5)=NO[C@@H]34)[C@H]2C1=O. The number of amides is 2. The standard InChI is InChI=1S/C17H13N3O4/c1-20-16(21)9-10(17(20)22)14-15-11(13(9)23-14)12(19-24-15)8-4-2-7(6-18)3-5-8/h2-5,9-11,13-15H,1H3/t9-,10-,11-,13+,14+,15+/m0/s1. The van der Waals surface area contributed by atoms with Crippen LogP contribution in [-0.2, 0) is 19.2 Å². The third-order valence-corrected chi connectivity index (χ3v) is 5.57. The number of benzene rings is 1. The summed E-state index contributed by atoms with van der Waals surface area (Å²) < 4.78 is 5.97. The van der Waals surface area contributed by atoms with E-state index >= 15 is 0 Å². The number of carbonyl (C=O) groups excluding carboxylic acids is 2. The molecule has 0 spiro atoms. The predicted octanol–water partition coefficient (Wildman–Crippen LogP) is 0.289. The summed E-state index contributed by atoms with van der Waals surface area (Å²) in [4.78, 5) is 31.5. The van der Waals surface area contributed by atoms with Crippen molar-refractivity contribution >= 4 is 17.5 Å². The number of nitriles is 1. The molecule has 0 aromatic heterocycles. The molecule has 4 heterocycles. The van der Waals surface area contributed by atoms with Crippen molar-refractivity contribution in [3.05, 3.63) is 35.4 Å². The van der Waals surface area contributed by atoms with Gasteiger partial charge in [0.2, 0.25) is 11.8 Å². The first-order valence-electron chi connectivity index (χ1n) is 7.83. The molecule has 0 unspecified atom stereocenters. The zero-order chi connectivity index (χ0) is 16.6. The Bertz CT molecular complexity index is 840. The zero-order valence-corrected chi connectivity index (χ0v) is 12.7. The topological polar surface area (TPSA) is 92.0 Å². The molecule has 0 radical (unpaired) electrons. The van der Waals surface area contributed by atoms with Crippen molar-refractivity contribution in [2.75, 3.05) is 7.05 Å². The van der Waals surface area contributed by atoms with E-state index in [4.69, 9.17) is 14.8 Å². The average molecular weight is 323 g/mol. The van der Waals surface area contributed by atoms with E-state index in [1.54, 1.807) is 12.1 Å². The van der Waals surface area contributed by atoms with Crippen molar-refractivity contribution in [1.82, 2.24) is 4.90 Å². The molecule has 24 heavy (non-hydrogen) atoms. The van der Waals surface area contributed by atoms with Gasteiger partial charge in [-0.1, -0.05) is 17.3 Å². The molecule has 3 fully saturated rings. The smallest absolute Gasteiger partial charge is 0.235 e. The highest BCUT2D eigenvalue weighted by atomic mass is 16.7. The lowest BCUT2D eigenvalue weighted by molar-refractivity contribution is -0.141. The Hall–Kier alpha value is -2.72. The Balaban J connectivity index is 1.51. The number of likely N-dealkylation sites (tertiary alicyclic amines) is 1. The largest absolute Gasteiger partial charge is 0.389 e. The minimum absolute atomic E-state index is 0.160. The third kappa shape index (κ3) is 1.47. The van der Waals surface area contributed by atoms with Crippen LogP contribution in [0.3, 0.4) is 0 Å². The Kier molecular flexibility index (Phi) is 2.52. The van der Waals surface area contributed by atoms with Gasteiger partial charge in [-0.05, 0) is 17.7 Å². The van der Waals surface area contributed by atoms with Crippen LogP contribution < -0.4 is 0 Å². The number of oxime groups is 1. The first-order chi connectivity index (χ1) is 11.6. The van der Waals surface area contributed by atoms with Crippen LogP contribution in [0, 0.1) is 29.1 Å². The monoisotopic (exact) mass is 323 g/mol. The molecule has 3 saturated heterocycles. The van der Waals surface area contributed by atoms with Crippen molar-refractivity contribution < 1.29 is 19.2 Å². The molecular formula is C17H13N3O4. The average Bonchev–Trinajstić information content (AvgIpc) is 3.33. The molecule has 2 bridgehead atoms. The second-order valence-corrected chi connectivity index (χ2v) is 6.61. The summed E-state index contributed by atoms with van der Waals surface area (Å²) in [6, 6.07) is 9.16. The Labute approximate surface area is 137 Å². The maximum Gasteiger partial charge on any atom is 0.235 e. The first-order valence-corrected chi connectivity index (χ1v) is 7.83. The van der Waals surface area contributed by atoms with Gasteiger partial charge in [0, 0.05) is 7.05 Å². The molecule has 0 saturated carbocycles. The van der Waals surface area contributed by atoms with Crippen LogP contribution in [0.5, 0.6) is 0 Å². The number of ether oxygens (including phenoxy) is 1. The number of hydrogen-bond donors (Lipinski definition) is 0. The van der Waals surface area contributed by atoms with E-state index < -0.39 is 17.9 Å². The van der Waals surface area contributed by atoms with E-state index in [0.717, 1.165) is 11.3 Å². The summed E-state index contributed by atoms with van der Waals surface area (Å²) in [5.41, 5.74) is 2.14. The van der Waals surface area contributed by atoms with Crippen molar-refractivity contribution in [2.45, 2.75) is 18.3 Å². The molecule has 7 nitrogen and oxygen atoms in total. The van der Waals surface area contributed by atoms with Crippen LogP contribution in [0.15, 0.2) is 29.4 Å². The van der Waals surface area contributed by atoms with Crippen molar-refractivity contribution in [3.63, 3.8) is 0 Å². The Morgan fingerprint density at radius 2 is 1.71 bits per heavy atom. The third-order valence-electron chi connectivity index (χ3n) is 5.57. The highest BCUT2D eigenvalue weighted by Crippen LogP contribution is 2.54. The molecule has 1 aromatic carbocycles. The lowest BCUT2D eigenvalue weighted by Gasteiger charge is -2.26. The van der Waals surface area contributed by atoms with Crippen LogP contribution in [0.25, 0.3) is 0 Å². The number of nitrogens with zero attached hydrogens (tertiary/aromatic N) is 3. The van der Waals surface area contributed by atoms with Gasteiger partial charge < -0.3 is 9.57 Å². The highest BCUT2D eigenvalue weighted by molar-refractivity contribution is 6.09. The van der Waals surface area contributed by atoms with E-state index in [9.17, 15) is 9.59 Å². The summed E-state index contributed by atoms with van der Waals surface area (Å²) >= 11 is 0. The minimum atomic E-state index is -0.454. The summed E-state index contributed by atoms with van der Waals surface area (Å²) in [5.74, 6) is -1.43. The van der Waals surface area contributed by atoms with Gasteiger partial charge in [-0.2, -0.15) is 5.26 Å². The maximum absolute atomic E-state index is 12.4. The second kappa shape index (κ2) is 4.42. The highest BCUT2D eigenvalue weighted by Gasteiger charge is 2.71. The summed E-state index contributed by atoms with van der Waals surface area (Å²) in [5, 5.41) is 13.1. The van der Waals surface area contributed by atoms with Crippen LogP contribution in [-0.4, -0.2) is 47.8 Å². The van der Waals surface area contributed by atoms with Gasteiger partial charge in [0.15, 0.2) is 6.10 Å². The Morgan fingerprint density at radius 3 is 2.38 bits per heavy atom. The fourth-order valence-electron chi connectivity index (χ4n) is 4.46. The van der Waals surface area contributed by atoms with Crippen LogP contribution >= 0.6 is 0 Å². The fourth-order valence-corrected chi connectivity index (χ4v) is 4.46. The molecule has 120 valence electrons. The normalized spacial score (nSPS) is 38.7. The number of fused-ring (bicyclic) bond motifs is 8. The molecule has 4 aliphatic rings. The van der Waals surface area contributed by atoms with E-state index in [2.05, 4.69) is 11.2 Å². The lowest BCUT2D eigenvalue weighted by atomic mass is 9.71.